The largest absolute Gasteiger partial charge is 3.00 e. The minimum absolute atomic E-state index is 0. The summed E-state index contributed by atoms with van der Waals surface area (Å²) in [5.74, 6) is 0. The van der Waals surface area contributed by atoms with E-state index in [4.69, 9.17) is 8.53 Å². The second-order valence-corrected chi connectivity index (χ2v) is 15.5. The Balaban J connectivity index is 0.000000270. The van der Waals surface area contributed by atoms with E-state index in [1.807, 2.05) is 60.7 Å². The smallest absolute Gasteiger partial charge is 0.498 e. The van der Waals surface area contributed by atoms with Gasteiger partial charge in [0, 0.05) is 34.7 Å². The standard InChI is InChI=1S/C38H32N3O.C10H9N2.Ir/c1-37(2,3)24-14-17-26-27-18-15-25(38(4,5)6)21-33(27)41(32(26)20-24)34-23(22-39)13-16-29-28-10-9-11-30(35(28)42-36(29)34)31-12-7-8-19-40-31;1-11-7-8-12(9-11)10-5-3-2-4-6-10;/h7-10,12-21H,1-6H3;2-5,7-8H,1H3;/q2*-1;+3/i;1D3;. The summed E-state index contributed by atoms with van der Waals surface area (Å²) in [5, 5.41) is 14.7. The van der Waals surface area contributed by atoms with Crippen LogP contribution in [0.25, 0.3) is 66.4 Å². The number of nitriles is 1. The number of aryl methyl sites for hydroxylation is 1. The molecule has 0 aliphatic carbocycles. The molecule has 6 nitrogen and oxygen atoms in total. The molecule has 5 aromatic carbocycles. The van der Waals surface area contributed by atoms with Crippen LogP contribution >= 0.6 is 0 Å². The molecule has 0 saturated heterocycles. The maximum absolute atomic E-state index is 10.5. The zero-order valence-corrected chi connectivity index (χ0v) is 33.9. The maximum atomic E-state index is 10.5. The van der Waals surface area contributed by atoms with Crippen molar-refractivity contribution in [3.05, 3.63) is 157 Å². The minimum Gasteiger partial charge on any atom is -0.498 e. The van der Waals surface area contributed by atoms with Crippen molar-refractivity contribution in [1.82, 2.24) is 14.1 Å². The third-order valence-electron chi connectivity index (χ3n) is 9.87. The fraction of sp³-hybridized carbons (Fsp3) is 0.188. The normalized spacial score (nSPS) is 12.8. The summed E-state index contributed by atoms with van der Waals surface area (Å²) in [6.45, 7) is 11.2. The Morgan fingerprint density at radius 2 is 1.44 bits per heavy atom. The van der Waals surface area contributed by atoms with Gasteiger partial charge >= 0.3 is 20.1 Å². The van der Waals surface area contributed by atoms with Crippen LogP contribution in [-0.4, -0.2) is 14.1 Å². The second kappa shape index (κ2) is 14.5. The van der Waals surface area contributed by atoms with Crippen LogP contribution in [-0.2, 0) is 37.9 Å². The van der Waals surface area contributed by atoms with E-state index in [2.05, 4.69) is 112 Å². The summed E-state index contributed by atoms with van der Waals surface area (Å²) < 4.78 is 33.3. The van der Waals surface area contributed by atoms with Crippen molar-refractivity contribution >= 4 is 43.7 Å². The van der Waals surface area contributed by atoms with E-state index in [0.717, 1.165) is 59.8 Å². The molecule has 9 rings (SSSR count). The van der Waals surface area contributed by atoms with Crippen LogP contribution in [0.3, 0.4) is 0 Å². The van der Waals surface area contributed by atoms with E-state index >= 15 is 0 Å². The Hall–Kier alpha value is -5.80. The van der Waals surface area contributed by atoms with Crippen molar-refractivity contribution in [3.8, 4) is 28.7 Å². The molecule has 0 radical (unpaired) electrons. The molecule has 272 valence electrons. The van der Waals surface area contributed by atoms with E-state index in [9.17, 15) is 5.26 Å². The molecule has 0 fully saturated rings. The molecule has 0 bridgehead atoms. The number of fused-ring (bicyclic) bond motifs is 6. The fourth-order valence-electron chi connectivity index (χ4n) is 6.98. The van der Waals surface area contributed by atoms with E-state index in [-0.39, 0.29) is 30.9 Å². The third-order valence-corrected chi connectivity index (χ3v) is 9.87. The number of rotatable bonds is 3. The van der Waals surface area contributed by atoms with E-state index in [0.29, 0.717) is 16.7 Å². The van der Waals surface area contributed by atoms with E-state index < -0.39 is 6.98 Å². The number of para-hydroxylation sites is 1. The van der Waals surface area contributed by atoms with Crippen molar-refractivity contribution in [2.45, 2.75) is 52.4 Å². The number of nitrogens with zero attached hydrogens (tertiary/aromatic N) is 5. The summed E-state index contributed by atoms with van der Waals surface area (Å²) in [6, 6.07) is 43.3. The predicted octanol–water partition coefficient (Wildman–Crippen LogP) is 10.9. The molecule has 7 heteroatoms. The number of hydrogen-bond donors (Lipinski definition) is 0. The van der Waals surface area contributed by atoms with Gasteiger partial charge in [0.2, 0.25) is 6.33 Å². The van der Waals surface area contributed by atoms with Crippen LogP contribution in [0.1, 0.15) is 62.3 Å². The minimum atomic E-state index is -2.18. The Morgan fingerprint density at radius 3 is 2.02 bits per heavy atom. The number of furan rings is 1. The van der Waals surface area contributed by atoms with Gasteiger partial charge < -0.3 is 23.1 Å². The number of hydrogen-bond acceptors (Lipinski definition) is 3. The van der Waals surface area contributed by atoms with Gasteiger partial charge in [0.25, 0.3) is 0 Å². The zero-order valence-electron chi connectivity index (χ0n) is 34.5. The van der Waals surface area contributed by atoms with Crippen LogP contribution in [0.15, 0.2) is 126 Å². The molecule has 0 aliphatic heterocycles. The van der Waals surface area contributed by atoms with Crippen LogP contribution in [0.4, 0.5) is 0 Å². The van der Waals surface area contributed by atoms with Gasteiger partial charge in [0.15, 0.2) is 0 Å². The van der Waals surface area contributed by atoms with E-state index in [1.165, 1.54) is 17.3 Å². The zero-order chi connectivity index (χ0) is 40.3. The van der Waals surface area contributed by atoms with Gasteiger partial charge in [-0.2, -0.15) is 35.6 Å². The SMILES string of the molecule is CC(C)(C)c1ccc2c3ccc(C(C)(C)C)cc3n(-c3c(C#N)ccc4c3oc3c(-c5ccccn5)[c-]ccc34)c2c1.[2H]C([2H])([2H])[n+]1[c-]n(-c2[c-]cccc2)cc1.[Ir+3]. The molecule has 0 spiro atoms. The summed E-state index contributed by atoms with van der Waals surface area (Å²) in [6.07, 6.45) is 7.59. The first-order valence-corrected chi connectivity index (χ1v) is 17.9. The Labute approximate surface area is 339 Å². The third kappa shape index (κ3) is 6.89. The van der Waals surface area contributed by atoms with Crippen LogP contribution < -0.4 is 4.57 Å². The molecule has 0 saturated carbocycles. The number of benzene rings is 5. The molecule has 0 unspecified atom stereocenters. The van der Waals surface area contributed by atoms with Crippen molar-refractivity contribution < 1.29 is 33.2 Å². The van der Waals surface area contributed by atoms with Gasteiger partial charge in [-0.1, -0.05) is 101 Å². The summed E-state index contributed by atoms with van der Waals surface area (Å²) >= 11 is 0. The summed E-state index contributed by atoms with van der Waals surface area (Å²) in [7, 11) is 0. The maximum Gasteiger partial charge on any atom is 3.00 e. The molecule has 9 aromatic rings. The molecule has 0 atom stereocenters. The molecule has 0 amide bonds. The molecule has 4 heterocycles. The van der Waals surface area contributed by atoms with Crippen molar-refractivity contribution in [2.24, 2.45) is 6.98 Å². The summed E-state index contributed by atoms with van der Waals surface area (Å²) in [4.78, 5) is 4.57. The fourth-order valence-corrected chi connectivity index (χ4v) is 6.98. The van der Waals surface area contributed by atoms with Crippen molar-refractivity contribution in [3.63, 3.8) is 0 Å². The molecule has 55 heavy (non-hydrogen) atoms. The van der Waals surface area contributed by atoms with Crippen molar-refractivity contribution in [1.29, 1.82) is 5.26 Å². The predicted molar refractivity (Wildman–Crippen MR) is 217 cm³/mol. The molecular weight excluding hydrogens is 855 g/mol. The molecule has 0 aliphatic rings. The Kier molecular flexibility index (Phi) is 8.87. The molecule has 4 aromatic heterocycles. The monoisotopic (exact) mass is 899 g/mol. The van der Waals surface area contributed by atoms with Gasteiger partial charge in [-0.15, -0.1) is 18.2 Å². The second-order valence-electron chi connectivity index (χ2n) is 15.5. The first kappa shape index (κ1) is 33.7. The van der Waals surface area contributed by atoms with Gasteiger partial charge in [-0.05, 0) is 51.9 Å². The first-order chi connectivity index (χ1) is 27.1. The molecule has 0 N–H and O–H groups in total. The van der Waals surface area contributed by atoms with Crippen molar-refractivity contribution in [2.75, 3.05) is 0 Å². The van der Waals surface area contributed by atoms with Gasteiger partial charge in [-0.3, -0.25) is 0 Å². The van der Waals surface area contributed by atoms with E-state index in [1.54, 1.807) is 23.0 Å². The average molecular weight is 899 g/mol. The summed E-state index contributed by atoms with van der Waals surface area (Å²) in [5.41, 5.74) is 9.60. The van der Waals surface area contributed by atoms with Gasteiger partial charge in [0.05, 0.1) is 33.3 Å². The van der Waals surface area contributed by atoms with Crippen LogP contribution in [0.2, 0.25) is 0 Å². The topological polar surface area (TPSA) is 63.6 Å². The molecular formula is C48H41IrN5O+. The van der Waals surface area contributed by atoms with Gasteiger partial charge in [0.1, 0.15) is 17.3 Å². The average Bonchev–Trinajstić information content (AvgIpc) is 3.92. The quantitative estimate of drug-likeness (QED) is 0.131. The first-order valence-electron chi connectivity index (χ1n) is 19.4. The van der Waals surface area contributed by atoms with Gasteiger partial charge in [-0.25, -0.2) is 0 Å². The Morgan fingerprint density at radius 1 is 0.764 bits per heavy atom. The number of imidazole rings is 1. The van der Waals surface area contributed by atoms with Crippen LogP contribution in [0.5, 0.6) is 0 Å². The Bertz CT molecular complexity index is 2910. The van der Waals surface area contributed by atoms with Crippen LogP contribution in [0, 0.1) is 29.8 Å². The number of aromatic nitrogens is 4. The number of pyridine rings is 1.